The minimum atomic E-state index is -0.188. The maximum Gasteiger partial charge on any atom is 0.253 e. The van der Waals surface area contributed by atoms with Crippen molar-refractivity contribution in [2.24, 2.45) is 0 Å². The zero-order valence-corrected chi connectivity index (χ0v) is 8.59. The zero-order chi connectivity index (χ0) is 11.4. The third-order valence-corrected chi connectivity index (χ3v) is 2.26. The number of nitriles is 1. The molecule has 1 aliphatic rings. The van der Waals surface area contributed by atoms with E-state index < -0.39 is 0 Å². The SMILES string of the molecule is N#CCN1COC(c2ccccc2)=CC1=O. The molecule has 4 heteroatoms. The molecule has 0 radical (unpaired) electrons. The Hall–Kier alpha value is -2.28. The van der Waals surface area contributed by atoms with Gasteiger partial charge in [-0.05, 0) is 0 Å². The third-order valence-electron chi connectivity index (χ3n) is 2.26. The lowest BCUT2D eigenvalue weighted by Gasteiger charge is -2.24. The number of ether oxygens (including phenoxy) is 1. The van der Waals surface area contributed by atoms with Crippen molar-refractivity contribution in [2.45, 2.75) is 0 Å². The number of carbonyl (C=O) groups excluding carboxylic acids is 1. The summed E-state index contributed by atoms with van der Waals surface area (Å²) in [5, 5.41) is 8.50. The van der Waals surface area contributed by atoms with Gasteiger partial charge in [0.1, 0.15) is 12.3 Å². The summed E-state index contributed by atoms with van der Waals surface area (Å²) in [6.45, 7) is 0.185. The molecule has 16 heavy (non-hydrogen) atoms. The predicted molar refractivity (Wildman–Crippen MR) is 57.7 cm³/mol. The molecule has 0 saturated carbocycles. The lowest BCUT2D eigenvalue weighted by atomic mass is 10.1. The van der Waals surface area contributed by atoms with Crippen molar-refractivity contribution in [2.75, 3.05) is 13.3 Å². The summed E-state index contributed by atoms with van der Waals surface area (Å²) in [6.07, 6.45) is 1.41. The Balaban J connectivity index is 2.19. The van der Waals surface area contributed by atoms with Crippen LogP contribution in [-0.2, 0) is 9.53 Å². The van der Waals surface area contributed by atoms with Gasteiger partial charge in [0.15, 0.2) is 6.73 Å². The number of benzene rings is 1. The number of hydrogen-bond donors (Lipinski definition) is 0. The van der Waals surface area contributed by atoms with E-state index in [1.807, 2.05) is 36.4 Å². The largest absolute Gasteiger partial charge is 0.472 e. The second-order valence-corrected chi connectivity index (χ2v) is 3.34. The van der Waals surface area contributed by atoms with Crippen LogP contribution in [0.2, 0.25) is 0 Å². The van der Waals surface area contributed by atoms with Crippen LogP contribution in [0.3, 0.4) is 0 Å². The molecule has 1 heterocycles. The van der Waals surface area contributed by atoms with E-state index in [4.69, 9.17) is 10.00 Å². The molecule has 1 aromatic rings. The van der Waals surface area contributed by atoms with Crippen LogP contribution in [-0.4, -0.2) is 24.1 Å². The quantitative estimate of drug-likeness (QED) is 0.698. The number of hydrogen-bond acceptors (Lipinski definition) is 3. The Kier molecular flexibility index (Phi) is 2.88. The highest BCUT2D eigenvalue weighted by molar-refractivity contribution is 5.95. The summed E-state index contributed by atoms with van der Waals surface area (Å²) in [7, 11) is 0. The van der Waals surface area contributed by atoms with Crippen LogP contribution < -0.4 is 0 Å². The molecule has 0 aliphatic carbocycles. The molecular formula is C12H10N2O2. The van der Waals surface area contributed by atoms with Gasteiger partial charge in [0.25, 0.3) is 5.91 Å². The second-order valence-electron chi connectivity index (χ2n) is 3.34. The van der Waals surface area contributed by atoms with Gasteiger partial charge in [-0.3, -0.25) is 9.69 Å². The molecule has 1 aromatic carbocycles. The van der Waals surface area contributed by atoms with E-state index in [9.17, 15) is 4.79 Å². The Bertz CT molecular complexity index is 460. The average Bonchev–Trinajstić information content (AvgIpc) is 2.33. The highest BCUT2D eigenvalue weighted by Crippen LogP contribution is 2.19. The van der Waals surface area contributed by atoms with E-state index in [0.717, 1.165) is 5.56 Å². The van der Waals surface area contributed by atoms with Crippen molar-refractivity contribution in [3.63, 3.8) is 0 Å². The first-order chi connectivity index (χ1) is 7.81. The molecule has 4 nitrogen and oxygen atoms in total. The third kappa shape index (κ3) is 2.04. The fourth-order valence-electron chi connectivity index (χ4n) is 1.43. The fourth-order valence-corrected chi connectivity index (χ4v) is 1.43. The molecule has 0 fully saturated rings. The zero-order valence-electron chi connectivity index (χ0n) is 8.59. The first-order valence-electron chi connectivity index (χ1n) is 4.87. The summed E-state index contributed by atoms with van der Waals surface area (Å²) in [4.78, 5) is 12.9. The van der Waals surface area contributed by atoms with Gasteiger partial charge in [0.2, 0.25) is 0 Å². The Morgan fingerprint density at radius 3 is 2.75 bits per heavy atom. The van der Waals surface area contributed by atoms with Crippen LogP contribution >= 0.6 is 0 Å². The molecular weight excluding hydrogens is 204 g/mol. The highest BCUT2D eigenvalue weighted by Gasteiger charge is 2.19. The van der Waals surface area contributed by atoms with Gasteiger partial charge in [-0.1, -0.05) is 30.3 Å². The second kappa shape index (κ2) is 4.49. The summed E-state index contributed by atoms with van der Waals surface area (Å²) in [6, 6.07) is 11.3. The topological polar surface area (TPSA) is 53.3 Å². The standard InChI is InChI=1S/C12H10N2O2/c13-6-7-14-9-16-11(8-12(14)15)10-4-2-1-3-5-10/h1-5,8H,7,9H2. The normalized spacial score (nSPS) is 15.1. The van der Waals surface area contributed by atoms with Crippen molar-refractivity contribution in [1.29, 1.82) is 5.26 Å². The summed E-state index contributed by atoms with van der Waals surface area (Å²) in [5.74, 6) is 0.367. The average molecular weight is 214 g/mol. The molecule has 0 spiro atoms. The Morgan fingerprint density at radius 1 is 1.38 bits per heavy atom. The van der Waals surface area contributed by atoms with E-state index in [0.29, 0.717) is 5.76 Å². The summed E-state index contributed by atoms with van der Waals surface area (Å²) >= 11 is 0. The number of rotatable bonds is 2. The molecule has 0 aromatic heterocycles. The monoisotopic (exact) mass is 214 g/mol. The van der Waals surface area contributed by atoms with Gasteiger partial charge in [-0.25, -0.2) is 0 Å². The van der Waals surface area contributed by atoms with E-state index in [1.54, 1.807) is 0 Å². The number of carbonyl (C=O) groups is 1. The van der Waals surface area contributed by atoms with Gasteiger partial charge in [0.05, 0.1) is 6.07 Å². The molecule has 0 N–H and O–H groups in total. The number of nitrogens with zero attached hydrogens (tertiary/aromatic N) is 2. The van der Waals surface area contributed by atoms with Crippen molar-refractivity contribution in [3.05, 3.63) is 42.0 Å². The van der Waals surface area contributed by atoms with E-state index >= 15 is 0 Å². The van der Waals surface area contributed by atoms with Crippen LogP contribution in [0.15, 0.2) is 36.4 Å². The van der Waals surface area contributed by atoms with Crippen molar-refractivity contribution in [3.8, 4) is 6.07 Å². The molecule has 0 atom stereocenters. The van der Waals surface area contributed by atoms with Gasteiger partial charge in [0, 0.05) is 11.6 Å². The van der Waals surface area contributed by atoms with Crippen molar-refractivity contribution in [1.82, 2.24) is 4.90 Å². The van der Waals surface area contributed by atoms with Crippen LogP contribution in [0.4, 0.5) is 0 Å². The lowest BCUT2D eigenvalue weighted by molar-refractivity contribution is -0.130. The summed E-state index contributed by atoms with van der Waals surface area (Å²) < 4.78 is 5.41. The highest BCUT2D eigenvalue weighted by atomic mass is 16.5. The minimum Gasteiger partial charge on any atom is -0.472 e. The molecule has 0 bridgehead atoms. The van der Waals surface area contributed by atoms with Gasteiger partial charge in [-0.15, -0.1) is 0 Å². The van der Waals surface area contributed by atoms with E-state index in [2.05, 4.69) is 0 Å². The van der Waals surface area contributed by atoms with Crippen LogP contribution in [0.1, 0.15) is 5.56 Å². The van der Waals surface area contributed by atoms with Gasteiger partial charge >= 0.3 is 0 Å². The first-order valence-corrected chi connectivity index (χ1v) is 4.87. The maximum absolute atomic E-state index is 11.6. The van der Waals surface area contributed by atoms with E-state index in [1.165, 1.54) is 11.0 Å². The molecule has 80 valence electrons. The predicted octanol–water partition coefficient (Wildman–Crippen LogP) is 1.37. The molecule has 0 saturated heterocycles. The number of amides is 1. The smallest absolute Gasteiger partial charge is 0.253 e. The summed E-state index contributed by atoms with van der Waals surface area (Å²) in [5.41, 5.74) is 0.868. The van der Waals surface area contributed by atoms with Gasteiger partial charge in [-0.2, -0.15) is 5.26 Å². The van der Waals surface area contributed by atoms with Crippen molar-refractivity contribution >= 4 is 11.7 Å². The Labute approximate surface area is 93.4 Å². The lowest BCUT2D eigenvalue weighted by Crippen LogP contribution is -2.35. The fraction of sp³-hybridized carbons (Fsp3) is 0.167. The maximum atomic E-state index is 11.6. The van der Waals surface area contributed by atoms with E-state index in [-0.39, 0.29) is 19.2 Å². The molecule has 2 rings (SSSR count). The minimum absolute atomic E-state index is 0.0530. The first kappa shape index (κ1) is 10.2. The molecule has 1 amide bonds. The van der Waals surface area contributed by atoms with Crippen LogP contribution in [0, 0.1) is 11.3 Å². The Morgan fingerprint density at radius 2 is 2.12 bits per heavy atom. The van der Waals surface area contributed by atoms with Crippen LogP contribution in [0.25, 0.3) is 5.76 Å². The molecule has 1 aliphatic heterocycles. The van der Waals surface area contributed by atoms with Crippen LogP contribution in [0.5, 0.6) is 0 Å². The molecule has 0 unspecified atom stereocenters. The van der Waals surface area contributed by atoms with Crippen molar-refractivity contribution < 1.29 is 9.53 Å². The van der Waals surface area contributed by atoms with Gasteiger partial charge < -0.3 is 4.74 Å².